The van der Waals surface area contributed by atoms with E-state index in [1.54, 1.807) is 12.4 Å². The highest BCUT2D eigenvalue weighted by Crippen LogP contribution is 2.44. The third kappa shape index (κ3) is 4.64. The van der Waals surface area contributed by atoms with Gasteiger partial charge in [0.05, 0.1) is 0 Å². The van der Waals surface area contributed by atoms with Gasteiger partial charge in [-0.25, -0.2) is 9.97 Å². The van der Waals surface area contributed by atoms with Crippen molar-refractivity contribution in [3.05, 3.63) is 52.8 Å². The molecule has 2 aromatic rings. The number of nitrogens with zero attached hydrogens (tertiary/aromatic N) is 4. The molecule has 2 saturated heterocycles. The van der Waals surface area contributed by atoms with E-state index in [2.05, 4.69) is 31.9 Å². The van der Waals surface area contributed by atoms with Crippen molar-refractivity contribution in [2.75, 3.05) is 31.9 Å². The minimum absolute atomic E-state index is 0.0284. The zero-order chi connectivity index (χ0) is 23.0. The molecule has 0 atom stereocenters. The number of carbonyl (C=O) groups excluding carboxylic acids is 2. The lowest BCUT2D eigenvalue weighted by Gasteiger charge is -2.45. The molecule has 7 nitrogen and oxygen atoms in total. The van der Waals surface area contributed by atoms with E-state index in [0.717, 1.165) is 81.5 Å². The van der Waals surface area contributed by atoms with Gasteiger partial charge in [-0.2, -0.15) is 0 Å². The Bertz CT molecular complexity index is 1040. The number of rotatable bonds is 3. The fraction of sp³-hybridized carbons (Fsp3) is 0.538. The summed E-state index contributed by atoms with van der Waals surface area (Å²) in [4.78, 5) is 38.6. The van der Waals surface area contributed by atoms with Gasteiger partial charge in [-0.1, -0.05) is 17.7 Å². The normalized spacial score (nSPS) is 21.2. The largest absolute Gasteiger partial charge is 0.368 e. The third-order valence-electron chi connectivity index (χ3n) is 7.87. The first-order valence-electron chi connectivity index (χ1n) is 12.1. The van der Waals surface area contributed by atoms with E-state index in [1.165, 1.54) is 5.56 Å². The molecule has 5 rings (SSSR count). The number of fused-ring (bicyclic) bond motifs is 1. The number of anilines is 1. The number of ketones is 1. The van der Waals surface area contributed by atoms with Crippen LogP contribution in [0.25, 0.3) is 0 Å². The lowest BCUT2D eigenvalue weighted by molar-refractivity contribution is -0.139. The molecular formula is C26H33N5O2. The van der Waals surface area contributed by atoms with Gasteiger partial charge < -0.3 is 10.6 Å². The van der Waals surface area contributed by atoms with E-state index in [1.807, 2.05) is 13.0 Å². The van der Waals surface area contributed by atoms with Gasteiger partial charge in [0.1, 0.15) is 0 Å². The minimum atomic E-state index is 0.0284. The number of aryl methyl sites for hydroxylation is 1. The molecule has 174 valence electrons. The number of nitrogen functional groups attached to an aromatic ring is 1. The lowest BCUT2D eigenvalue weighted by atomic mass is 9.65. The molecule has 1 aliphatic carbocycles. The fourth-order valence-electron chi connectivity index (χ4n) is 5.86. The van der Waals surface area contributed by atoms with Crippen molar-refractivity contribution < 1.29 is 9.59 Å². The molecule has 1 amide bonds. The van der Waals surface area contributed by atoms with Crippen molar-refractivity contribution in [3.63, 3.8) is 0 Å². The first kappa shape index (κ1) is 22.0. The van der Waals surface area contributed by atoms with Crippen molar-refractivity contribution in [2.24, 2.45) is 11.3 Å². The molecule has 2 fully saturated rings. The standard InChI is InChI=1S/C26H33N5O2/c1-18-2-3-21-13-26(14-23(32)22(21)12-18)6-10-31(11-7-26)24(33)20-4-8-30(9-5-20)17-19-15-28-25(27)29-16-19/h2-3,12,15-16,20H,4-11,13-14,17H2,1H3,(H2,27,28,29). The summed E-state index contributed by atoms with van der Waals surface area (Å²) in [5, 5.41) is 0. The molecule has 1 spiro atoms. The van der Waals surface area contributed by atoms with Crippen LogP contribution in [0.3, 0.4) is 0 Å². The summed E-state index contributed by atoms with van der Waals surface area (Å²) in [6.45, 7) is 6.19. The number of amides is 1. The van der Waals surface area contributed by atoms with Gasteiger partial charge in [0, 0.05) is 55.5 Å². The van der Waals surface area contributed by atoms with Crippen molar-refractivity contribution in [3.8, 4) is 0 Å². The second-order valence-electron chi connectivity index (χ2n) is 10.3. The Labute approximate surface area is 195 Å². The number of piperidine rings is 2. The van der Waals surface area contributed by atoms with E-state index in [0.29, 0.717) is 18.3 Å². The van der Waals surface area contributed by atoms with Crippen LogP contribution in [0.2, 0.25) is 0 Å². The molecule has 0 unspecified atom stereocenters. The molecular weight excluding hydrogens is 414 g/mol. The summed E-state index contributed by atoms with van der Waals surface area (Å²) in [5.74, 6) is 0.981. The van der Waals surface area contributed by atoms with Gasteiger partial charge in [-0.05, 0) is 69.2 Å². The number of hydrogen-bond donors (Lipinski definition) is 1. The summed E-state index contributed by atoms with van der Waals surface area (Å²) in [6.07, 6.45) is 8.77. The Balaban J connectivity index is 1.13. The summed E-state index contributed by atoms with van der Waals surface area (Å²) in [7, 11) is 0. The number of nitrogens with two attached hydrogens (primary N) is 1. The Morgan fingerprint density at radius 2 is 1.79 bits per heavy atom. The van der Waals surface area contributed by atoms with Gasteiger partial charge in [-0.15, -0.1) is 0 Å². The molecule has 0 bridgehead atoms. The van der Waals surface area contributed by atoms with E-state index in [4.69, 9.17) is 5.73 Å². The average molecular weight is 448 g/mol. The Kier molecular flexibility index (Phi) is 5.91. The van der Waals surface area contributed by atoms with Crippen LogP contribution in [0, 0.1) is 18.3 Å². The van der Waals surface area contributed by atoms with E-state index < -0.39 is 0 Å². The molecule has 0 saturated carbocycles. The first-order valence-corrected chi connectivity index (χ1v) is 12.1. The molecule has 3 heterocycles. The van der Waals surface area contributed by atoms with Crippen molar-refractivity contribution in [1.29, 1.82) is 0 Å². The van der Waals surface area contributed by atoms with Gasteiger partial charge in [-0.3, -0.25) is 14.5 Å². The van der Waals surface area contributed by atoms with Crippen molar-refractivity contribution >= 4 is 17.6 Å². The van der Waals surface area contributed by atoms with Crippen LogP contribution >= 0.6 is 0 Å². The Hall–Kier alpha value is -2.80. The zero-order valence-corrected chi connectivity index (χ0v) is 19.4. The quantitative estimate of drug-likeness (QED) is 0.778. The van der Waals surface area contributed by atoms with E-state index in [-0.39, 0.29) is 17.1 Å². The maximum absolute atomic E-state index is 13.2. The molecule has 33 heavy (non-hydrogen) atoms. The molecule has 0 radical (unpaired) electrons. The predicted octanol–water partition coefficient (Wildman–Crippen LogP) is 3.02. The number of benzene rings is 1. The number of aromatic nitrogens is 2. The molecule has 1 aromatic heterocycles. The van der Waals surface area contributed by atoms with Gasteiger partial charge >= 0.3 is 0 Å². The van der Waals surface area contributed by atoms with Crippen LogP contribution in [-0.4, -0.2) is 57.6 Å². The van der Waals surface area contributed by atoms with Gasteiger partial charge in [0.15, 0.2) is 5.78 Å². The van der Waals surface area contributed by atoms with Crippen molar-refractivity contribution in [2.45, 2.75) is 52.0 Å². The maximum Gasteiger partial charge on any atom is 0.225 e. The molecule has 3 aliphatic rings. The van der Waals surface area contributed by atoms with Crippen LogP contribution < -0.4 is 5.73 Å². The van der Waals surface area contributed by atoms with Crippen LogP contribution in [0.4, 0.5) is 5.95 Å². The second-order valence-corrected chi connectivity index (χ2v) is 10.3. The monoisotopic (exact) mass is 447 g/mol. The van der Waals surface area contributed by atoms with Crippen LogP contribution in [0.15, 0.2) is 30.6 Å². The number of hydrogen-bond acceptors (Lipinski definition) is 6. The second kappa shape index (κ2) is 8.86. The van der Waals surface area contributed by atoms with Gasteiger partial charge in [0.25, 0.3) is 0 Å². The topological polar surface area (TPSA) is 92.4 Å². The first-order chi connectivity index (χ1) is 15.9. The summed E-state index contributed by atoms with van der Waals surface area (Å²) in [5.41, 5.74) is 9.89. The molecule has 2 aliphatic heterocycles. The minimum Gasteiger partial charge on any atom is -0.368 e. The highest BCUT2D eigenvalue weighted by molar-refractivity contribution is 5.99. The number of carbonyl (C=O) groups is 2. The SMILES string of the molecule is Cc1ccc2c(c1)C(=O)CC1(CCN(C(=O)C3CCN(Cc4cnc(N)nc4)CC3)CC1)C2. The fourth-order valence-corrected chi connectivity index (χ4v) is 5.86. The number of Topliss-reactive ketones (excluding diaryl/α,β-unsaturated/α-hetero) is 1. The van der Waals surface area contributed by atoms with E-state index >= 15 is 0 Å². The zero-order valence-electron chi connectivity index (χ0n) is 19.4. The predicted molar refractivity (Wildman–Crippen MR) is 127 cm³/mol. The van der Waals surface area contributed by atoms with E-state index in [9.17, 15) is 9.59 Å². The third-order valence-corrected chi connectivity index (χ3v) is 7.87. The smallest absolute Gasteiger partial charge is 0.225 e. The Morgan fingerprint density at radius 3 is 2.48 bits per heavy atom. The van der Waals surface area contributed by atoms with Crippen LogP contribution in [-0.2, 0) is 17.8 Å². The molecule has 1 aromatic carbocycles. The summed E-state index contributed by atoms with van der Waals surface area (Å²) in [6, 6.07) is 6.28. The highest BCUT2D eigenvalue weighted by Gasteiger charge is 2.42. The summed E-state index contributed by atoms with van der Waals surface area (Å²) >= 11 is 0. The Morgan fingerprint density at radius 1 is 1.09 bits per heavy atom. The highest BCUT2D eigenvalue weighted by atomic mass is 16.2. The molecule has 7 heteroatoms. The van der Waals surface area contributed by atoms with Crippen LogP contribution in [0.1, 0.15) is 59.2 Å². The maximum atomic E-state index is 13.2. The number of likely N-dealkylation sites (tertiary alicyclic amines) is 2. The van der Waals surface area contributed by atoms with Gasteiger partial charge in [0.2, 0.25) is 11.9 Å². The average Bonchev–Trinajstić information content (AvgIpc) is 2.82. The lowest BCUT2D eigenvalue weighted by Crippen LogP contribution is -2.49. The van der Waals surface area contributed by atoms with Crippen molar-refractivity contribution in [1.82, 2.24) is 19.8 Å². The summed E-state index contributed by atoms with van der Waals surface area (Å²) < 4.78 is 0. The van der Waals surface area contributed by atoms with Crippen LogP contribution in [0.5, 0.6) is 0 Å². The molecule has 2 N–H and O–H groups in total.